The number of carbonyl (C=O) groups excluding carboxylic acids is 2. The fourth-order valence-corrected chi connectivity index (χ4v) is 3.34. The molecule has 0 heterocycles. The number of carbonyl (C=O) groups is 3. The highest BCUT2D eigenvalue weighted by atomic mass is 16.5. The number of hydrogen-bond acceptors (Lipinski definition) is 4. The van der Waals surface area contributed by atoms with Gasteiger partial charge in [0, 0.05) is 12.3 Å². The van der Waals surface area contributed by atoms with E-state index in [2.05, 4.69) is 0 Å². The maximum absolute atomic E-state index is 12.4. The minimum Gasteiger partial charge on any atom is -0.478 e. The number of benzene rings is 2. The predicted octanol–water partition coefficient (Wildman–Crippen LogP) is 4.01. The van der Waals surface area contributed by atoms with Crippen LogP contribution in [0.25, 0.3) is 0 Å². The van der Waals surface area contributed by atoms with E-state index >= 15 is 0 Å². The summed E-state index contributed by atoms with van der Waals surface area (Å²) in [5, 5.41) is 8.89. The zero-order valence-electron chi connectivity index (χ0n) is 15.2. The molecule has 1 saturated carbocycles. The van der Waals surface area contributed by atoms with Gasteiger partial charge in [-0.1, -0.05) is 24.3 Å². The van der Waals surface area contributed by atoms with Crippen molar-refractivity contribution in [3.63, 3.8) is 0 Å². The smallest absolute Gasteiger partial charge is 0.335 e. The standard InChI is InChI=1S/C22H22O5/c1-14(22(26)27-19-11-9-17(10-12-19)21(24)25)16-7-5-15(6-8-16)13-18-3-2-4-20(18)23/h5-12,14,18H,2-4,13H2,1H3,(H,24,25). The normalized spacial score (nSPS) is 17.5. The van der Waals surface area contributed by atoms with Gasteiger partial charge in [0.1, 0.15) is 11.5 Å². The molecule has 1 aliphatic rings. The van der Waals surface area contributed by atoms with Gasteiger partial charge in [-0.15, -0.1) is 0 Å². The number of esters is 1. The van der Waals surface area contributed by atoms with Gasteiger partial charge in [0.25, 0.3) is 0 Å². The number of carboxylic acid groups (broad SMARTS) is 1. The number of ketones is 1. The van der Waals surface area contributed by atoms with Crippen molar-refractivity contribution in [2.75, 3.05) is 0 Å². The van der Waals surface area contributed by atoms with Crippen molar-refractivity contribution in [1.29, 1.82) is 0 Å². The average molecular weight is 366 g/mol. The highest BCUT2D eigenvalue weighted by molar-refractivity contribution is 5.88. The lowest BCUT2D eigenvalue weighted by Crippen LogP contribution is -2.16. The van der Waals surface area contributed by atoms with E-state index < -0.39 is 17.9 Å². The van der Waals surface area contributed by atoms with Crippen LogP contribution in [0.4, 0.5) is 0 Å². The van der Waals surface area contributed by atoms with E-state index in [1.807, 2.05) is 24.3 Å². The number of carboxylic acids is 1. The Morgan fingerprint density at radius 1 is 1.11 bits per heavy atom. The molecule has 1 N–H and O–H groups in total. The molecule has 0 spiro atoms. The third-order valence-electron chi connectivity index (χ3n) is 5.07. The third-order valence-corrected chi connectivity index (χ3v) is 5.07. The Labute approximate surface area is 158 Å². The Hall–Kier alpha value is -2.95. The Morgan fingerprint density at radius 3 is 2.33 bits per heavy atom. The van der Waals surface area contributed by atoms with Crippen LogP contribution in [0.5, 0.6) is 5.75 Å². The minimum atomic E-state index is -1.03. The molecule has 0 amide bonds. The van der Waals surface area contributed by atoms with Crippen LogP contribution in [0.1, 0.15) is 53.6 Å². The molecular formula is C22H22O5. The van der Waals surface area contributed by atoms with E-state index in [0.29, 0.717) is 18.0 Å². The van der Waals surface area contributed by atoms with E-state index in [1.54, 1.807) is 6.92 Å². The Balaban J connectivity index is 1.60. The van der Waals surface area contributed by atoms with Gasteiger partial charge in [0.2, 0.25) is 0 Å². The molecule has 5 nitrogen and oxygen atoms in total. The van der Waals surface area contributed by atoms with Crippen molar-refractivity contribution in [1.82, 2.24) is 0 Å². The van der Waals surface area contributed by atoms with Crippen LogP contribution >= 0.6 is 0 Å². The molecule has 2 aromatic carbocycles. The van der Waals surface area contributed by atoms with Crippen LogP contribution in [0.15, 0.2) is 48.5 Å². The van der Waals surface area contributed by atoms with Crippen LogP contribution in [0, 0.1) is 5.92 Å². The first kappa shape index (κ1) is 18.8. The quantitative estimate of drug-likeness (QED) is 0.617. The van der Waals surface area contributed by atoms with Crippen LogP contribution in [0.2, 0.25) is 0 Å². The van der Waals surface area contributed by atoms with Gasteiger partial charge in [-0.2, -0.15) is 0 Å². The zero-order chi connectivity index (χ0) is 19.4. The summed E-state index contributed by atoms with van der Waals surface area (Å²) in [4.78, 5) is 35.0. The lowest BCUT2D eigenvalue weighted by molar-refractivity contribution is -0.135. The highest BCUT2D eigenvalue weighted by Crippen LogP contribution is 2.26. The summed E-state index contributed by atoms with van der Waals surface area (Å²) < 4.78 is 5.34. The van der Waals surface area contributed by atoms with Crippen molar-refractivity contribution in [3.8, 4) is 5.75 Å². The Morgan fingerprint density at radius 2 is 1.78 bits per heavy atom. The maximum atomic E-state index is 12.4. The highest BCUT2D eigenvalue weighted by Gasteiger charge is 2.24. The number of aromatic carboxylic acids is 1. The lowest BCUT2D eigenvalue weighted by atomic mass is 9.94. The molecule has 2 aromatic rings. The molecule has 0 bridgehead atoms. The van der Waals surface area contributed by atoms with Gasteiger partial charge in [-0.05, 0) is 61.6 Å². The van der Waals surface area contributed by atoms with E-state index in [4.69, 9.17) is 9.84 Å². The van der Waals surface area contributed by atoms with E-state index in [9.17, 15) is 14.4 Å². The summed E-state index contributed by atoms with van der Waals surface area (Å²) in [6.45, 7) is 1.77. The molecule has 140 valence electrons. The molecule has 2 unspecified atom stereocenters. The first-order valence-electron chi connectivity index (χ1n) is 9.10. The summed E-state index contributed by atoms with van der Waals surface area (Å²) in [5.74, 6) is -1.09. The molecule has 27 heavy (non-hydrogen) atoms. The number of hydrogen-bond donors (Lipinski definition) is 1. The third kappa shape index (κ3) is 4.61. The van der Waals surface area contributed by atoms with Crippen molar-refractivity contribution < 1.29 is 24.2 Å². The molecular weight excluding hydrogens is 344 g/mol. The van der Waals surface area contributed by atoms with E-state index in [1.165, 1.54) is 24.3 Å². The molecule has 0 radical (unpaired) electrons. The van der Waals surface area contributed by atoms with Gasteiger partial charge in [0.05, 0.1) is 11.5 Å². The first-order valence-corrected chi connectivity index (χ1v) is 9.10. The molecule has 2 atom stereocenters. The SMILES string of the molecule is CC(C(=O)Oc1ccc(C(=O)O)cc1)c1ccc(CC2CCCC2=O)cc1. The average Bonchev–Trinajstić information content (AvgIpc) is 3.07. The van der Waals surface area contributed by atoms with Gasteiger partial charge in [0.15, 0.2) is 0 Å². The molecule has 0 saturated heterocycles. The molecule has 5 heteroatoms. The van der Waals surface area contributed by atoms with Crippen LogP contribution in [0.3, 0.4) is 0 Å². The summed E-state index contributed by atoms with van der Waals surface area (Å²) in [5.41, 5.74) is 2.08. The Bertz CT molecular complexity index is 836. The van der Waals surface area contributed by atoms with Gasteiger partial charge >= 0.3 is 11.9 Å². The van der Waals surface area contributed by atoms with Crippen LogP contribution in [-0.4, -0.2) is 22.8 Å². The largest absolute Gasteiger partial charge is 0.478 e. The lowest BCUT2D eigenvalue weighted by Gasteiger charge is -2.13. The van der Waals surface area contributed by atoms with Gasteiger partial charge in [-0.25, -0.2) is 4.79 Å². The van der Waals surface area contributed by atoms with Crippen molar-refractivity contribution >= 4 is 17.7 Å². The number of rotatable bonds is 6. The van der Waals surface area contributed by atoms with Crippen molar-refractivity contribution in [2.24, 2.45) is 5.92 Å². The monoisotopic (exact) mass is 366 g/mol. The van der Waals surface area contributed by atoms with Crippen LogP contribution < -0.4 is 4.74 Å². The zero-order valence-corrected chi connectivity index (χ0v) is 15.2. The molecule has 0 aromatic heterocycles. The fraction of sp³-hybridized carbons (Fsp3) is 0.318. The van der Waals surface area contributed by atoms with Gasteiger partial charge < -0.3 is 9.84 Å². The van der Waals surface area contributed by atoms with E-state index in [0.717, 1.165) is 30.4 Å². The van der Waals surface area contributed by atoms with Gasteiger partial charge in [-0.3, -0.25) is 9.59 Å². The second kappa shape index (κ2) is 8.16. The van der Waals surface area contributed by atoms with Crippen molar-refractivity contribution in [3.05, 3.63) is 65.2 Å². The minimum absolute atomic E-state index is 0.131. The fourth-order valence-electron chi connectivity index (χ4n) is 3.34. The molecule has 3 rings (SSSR count). The van der Waals surface area contributed by atoms with Crippen LogP contribution in [-0.2, 0) is 16.0 Å². The Kier molecular flexibility index (Phi) is 5.69. The summed E-state index contributed by atoms with van der Waals surface area (Å²) >= 11 is 0. The van der Waals surface area contributed by atoms with E-state index in [-0.39, 0.29) is 11.5 Å². The molecule has 1 fully saturated rings. The molecule has 1 aliphatic carbocycles. The summed E-state index contributed by atoms with van der Waals surface area (Å²) in [6, 6.07) is 13.5. The predicted molar refractivity (Wildman–Crippen MR) is 99.9 cm³/mol. The summed E-state index contributed by atoms with van der Waals surface area (Å²) in [6.07, 6.45) is 3.40. The number of ether oxygens (including phenoxy) is 1. The maximum Gasteiger partial charge on any atom is 0.335 e. The molecule has 0 aliphatic heterocycles. The second-order valence-electron chi connectivity index (χ2n) is 6.97. The second-order valence-corrected chi connectivity index (χ2v) is 6.97. The summed E-state index contributed by atoms with van der Waals surface area (Å²) in [7, 11) is 0. The number of Topliss-reactive ketones (excluding diaryl/α,β-unsaturated/α-hetero) is 1. The topological polar surface area (TPSA) is 80.7 Å². The first-order chi connectivity index (χ1) is 12.9. The van der Waals surface area contributed by atoms with Crippen molar-refractivity contribution in [2.45, 2.75) is 38.5 Å².